The first-order valence-corrected chi connectivity index (χ1v) is 10.2. The number of rotatable bonds is 4. The predicted molar refractivity (Wildman–Crippen MR) is 108 cm³/mol. The Bertz CT molecular complexity index is 928. The highest BCUT2D eigenvalue weighted by atomic mass is 16.7. The normalized spacial score (nSPS) is 29.8. The molecule has 0 aromatic heterocycles. The van der Waals surface area contributed by atoms with Gasteiger partial charge in [-0.3, -0.25) is 4.79 Å². The number of fused-ring (bicyclic) bond motifs is 5. The van der Waals surface area contributed by atoms with Gasteiger partial charge in [-0.05, 0) is 49.8 Å². The van der Waals surface area contributed by atoms with Crippen molar-refractivity contribution in [2.45, 2.75) is 52.7 Å². The van der Waals surface area contributed by atoms with Gasteiger partial charge >= 0.3 is 6.16 Å². The van der Waals surface area contributed by atoms with E-state index in [9.17, 15) is 9.59 Å². The Hall–Kier alpha value is -2.58. The molecule has 2 aliphatic heterocycles. The van der Waals surface area contributed by atoms with E-state index in [4.69, 9.17) is 20.6 Å². The summed E-state index contributed by atoms with van der Waals surface area (Å²) in [6.07, 6.45) is 5.91. The van der Waals surface area contributed by atoms with Crippen LogP contribution in [0.1, 0.15) is 42.0 Å². The number of allylic oxidation sites excluding steroid dienone is 1. The zero-order valence-electron chi connectivity index (χ0n) is 17.3. The summed E-state index contributed by atoms with van der Waals surface area (Å²) in [6.45, 7) is 7.95. The van der Waals surface area contributed by atoms with Gasteiger partial charge in [0.15, 0.2) is 12.4 Å². The SMILES string of the molecule is C#CCOC(=O)OC1=C(c2c(C)cc(C)cc2C)C(=O)[C@@H]2C3O[C@@H](C[C@H]3CC)[C@H]12. The van der Waals surface area contributed by atoms with E-state index in [-0.39, 0.29) is 36.4 Å². The zero-order valence-corrected chi connectivity index (χ0v) is 17.3. The molecule has 2 saturated heterocycles. The van der Waals surface area contributed by atoms with Crippen molar-refractivity contribution in [3.05, 3.63) is 40.1 Å². The number of hydrogen-bond donors (Lipinski definition) is 0. The lowest BCUT2D eigenvalue weighted by molar-refractivity contribution is -0.119. The van der Waals surface area contributed by atoms with Crippen molar-refractivity contribution in [1.29, 1.82) is 0 Å². The third-order valence-electron chi connectivity index (χ3n) is 6.49. The lowest BCUT2D eigenvalue weighted by Crippen LogP contribution is -2.35. The Morgan fingerprint density at radius 1 is 1.24 bits per heavy atom. The van der Waals surface area contributed by atoms with Crippen molar-refractivity contribution in [1.82, 2.24) is 0 Å². The van der Waals surface area contributed by atoms with Crippen LogP contribution < -0.4 is 0 Å². The highest BCUT2D eigenvalue weighted by Gasteiger charge is 2.62. The highest BCUT2D eigenvalue weighted by Crippen LogP contribution is 2.57. The van der Waals surface area contributed by atoms with Crippen LogP contribution in [0.2, 0.25) is 0 Å². The van der Waals surface area contributed by atoms with E-state index in [1.165, 1.54) is 0 Å². The van der Waals surface area contributed by atoms with Crippen LogP contribution in [0.25, 0.3) is 5.57 Å². The molecule has 0 spiro atoms. The number of terminal acetylenes is 1. The van der Waals surface area contributed by atoms with Crippen molar-refractivity contribution in [3.63, 3.8) is 0 Å². The number of carbonyl (C=O) groups excluding carboxylic acids is 2. The molecule has 1 aromatic rings. The summed E-state index contributed by atoms with van der Waals surface area (Å²) in [5.41, 5.74) is 4.46. The molecule has 2 bridgehead atoms. The Morgan fingerprint density at radius 3 is 2.55 bits per heavy atom. The number of carbonyl (C=O) groups is 2. The van der Waals surface area contributed by atoms with Crippen LogP contribution in [0.3, 0.4) is 0 Å². The number of aryl methyl sites for hydroxylation is 3. The first-order valence-electron chi connectivity index (χ1n) is 10.2. The second-order valence-corrected chi connectivity index (χ2v) is 8.32. The van der Waals surface area contributed by atoms with Crippen molar-refractivity contribution in [2.24, 2.45) is 17.8 Å². The number of Topliss-reactive ketones (excluding diaryl/α,β-unsaturated/α-hetero) is 1. The van der Waals surface area contributed by atoms with Crippen LogP contribution in [0.4, 0.5) is 4.79 Å². The maximum absolute atomic E-state index is 13.6. The van der Waals surface area contributed by atoms with Crippen molar-refractivity contribution in [3.8, 4) is 12.3 Å². The van der Waals surface area contributed by atoms with Crippen LogP contribution in [0.15, 0.2) is 17.9 Å². The molecule has 1 aromatic carbocycles. The third kappa shape index (κ3) is 3.07. The van der Waals surface area contributed by atoms with Gasteiger partial charge in [0.2, 0.25) is 0 Å². The molecule has 0 radical (unpaired) electrons. The topological polar surface area (TPSA) is 61.8 Å². The minimum Gasteiger partial charge on any atom is -0.421 e. The largest absolute Gasteiger partial charge is 0.514 e. The van der Waals surface area contributed by atoms with E-state index in [1.54, 1.807) is 0 Å². The summed E-state index contributed by atoms with van der Waals surface area (Å²) in [4.78, 5) is 25.9. The van der Waals surface area contributed by atoms with E-state index >= 15 is 0 Å². The van der Waals surface area contributed by atoms with E-state index in [1.807, 2.05) is 32.9 Å². The summed E-state index contributed by atoms with van der Waals surface area (Å²) in [5.74, 6) is 2.47. The summed E-state index contributed by atoms with van der Waals surface area (Å²) in [7, 11) is 0. The summed E-state index contributed by atoms with van der Waals surface area (Å²) >= 11 is 0. The Morgan fingerprint density at radius 2 is 1.93 bits per heavy atom. The molecule has 0 saturated carbocycles. The molecule has 152 valence electrons. The summed E-state index contributed by atoms with van der Waals surface area (Å²) in [6, 6.07) is 4.09. The number of benzene rings is 1. The van der Waals surface area contributed by atoms with Gasteiger partial charge in [-0.25, -0.2) is 4.79 Å². The van der Waals surface area contributed by atoms with Crippen LogP contribution in [-0.4, -0.2) is 30.8 Å². The van der Waals surface area contributed by atoms with Crippen LogP contribution in [0.5, 0.6) is 0 Å². The zero-order chi connectivity index (χ0) is 20.9. The van der Waals surface area contributed by atoms with Crippen molar-refractivity contribution >= 4 is 17.5 Å². The van der Waals surface area contributed by atoms with E-state index < -0.39 is 6.16 Å². The molecule has 4 rings (SSSR count). The third-order valence-corrected chi connectivity index (χ3v) is 6.49. The van der Waals surface area contributed by atoms with E-state index in [0.29, 0.717) is 17.3 Å². The molecule has 5 atom stereocenters. The fourth-order valence-electron chi connectivity index (χ4n) is 5.50. The van der Waals surface area contributed by atoms with Gasteiger partial charge in [-0.2, -0.15) is 0 Å². The lowest BCUT2D eigenvalue weighted by atomic mass is 9.74. The minimum atomic E-state index is -0.874. The first-order chi connectivity index (χ1) is 13.9. The molecular weight excluding hydrogens is 368 g/mol. The van der Waals surface area contributed by atoms with Crippen LogP contribution in [-0.2, 0) is 19.0 Å². The first kappa shape index (κ1) is 19.7. The van der Waals surface area contributed by atoms with Crippen LogP contribution >= 0.6 is 0 Å². The molecule has 0 amide bonds. The fraction of sp³-hybridized carbons (Fsp3) is 0.500. The molecule has 2 heterocycles. The molecule has 1 aliphatic carbocycles. The van der Waals surface area contributed by atoms with Crippen molar-refractivity contribution < 1.29 is 23.8 Å². The Labute approximate surface area is 171 Å². The van der Waals surface area contributed by atoms with Gasteiger partial charge in [0, 0.05) is 0 Å². The molecule has 5 nitrogen and oxygen atoms in total. The van der Waals surface area contributed by atoms with Crippen LogP contribution in [0, 0.1) is 50.9 Å². The maximum Gasteiger partial charge on any atom is 0.514 e. The second kappa shape index (κ2) is 7.35. The lowest BCUT2D eigenvalue weighted by Gasteiger charge is -2.27. The van der Waals surface area contributed by atoms with E-state index in [2.05, 4.69) is 12.8 Å². The van der Waals surface area contributed by atoms with Gasteiger partial charge in [0.25, 0.3) is 0 Å². The standard InChI is InChI=1S/C24H26O5/c1-6-8-27-24(26)29-23-18-16-11-15(7-2)22(28-16)20(18)21(25)19(23)17-13(4)9-12(3)10-14(17)5/h1,9-10,15-16,18,20,22H,7-8,11H2,2-5H3/t15-,16+,18+,20-,22?/m1/s1. The molecular formula is C24H26O5. The second-order valence-electron chi connectivity index (χ2n) is 8.32. The summed E-state index contributed by atoms with van der Waals surface area (Å²) in [5, 5.41) is 0. The Balaban J connectivity index is 1.81. The fourth-order valence-corrected chi connectivity index (χ4v) is 5.50. The number of ketones is 1. The number of ether oxygens (including phenoxy) is 3. The molecule has 0 N–H and O–H groups in total. The smallest absolute Gasteiger partial charge is 0.421 e. The van der Waals surface area contributed by atoms with Gasteiger partial charge in [0.05, 0.1) is 29.6 Å². The van der Waals surface area contributed by atoms with Crippen molar-refractivity contribution in [2.75, 3.05) is 6.61 Å². The van der Waals surface area contributed by atoms with Gasteiger partial charge in [0.1, 0.15) is 5.76 Å². The molecule has 29 heavy (non-hydrogen) atoms. The highest BCUT2D eigenvalue weighted by molar-refractivity contribution is 6.26. The quantitative estimate of drug-likeness (QED) is 0.568. The molecule has 3 aliphatic rings. The Kier molecular flexibility index (Phi) is 5.00. The number of hydrogen-bond acceptors (Lipinski definition) is 5. The van der Waals surface area contributed by atoms with Gasteiger partial charge in [-0.1, -0.05) is 37.0 Å². The van der Waals surface area contributed by atoms with E-state index in [0.717, 1.165) is 35.1 Å². The van der Waals surface area contributed by atoms with Gasteiger partial charge < -0.3 is 14.2 Å². The summed E-state index contributed by atoms with van der Waals surface area (Å²) < 4.78 is 16.7. The monoisotopic (exact) mass is 394 g/mol. The minimum absolute atomic E-state index is 0.00968. The average molecular weight is 394 g/mol. The van der Waals surface area contributed by atoms with Gasteiger partial charge in [-0.15, -0.1) is 6.42 Å². The average Bonchev–Trinajstić information content (AvgIpc) is 3.32. The molecule has 5 heteroatoms. The maximum atomic E-state index is 13.6. The predicted octanol–water partition coefficient (Wildman–Crippen LogP) is 4.12. The molecule has 1 unspecified atom stereocenters. The molecule has 2 fully saturated rings.